The van der Waals surface area contributed by atoms with E-state index in [4.69, 9.17) is 34.8 Å². The van der Waals surface area contributed by atoms with E-state index in [9.17, 15) is 0 Å². The number of fused-ring (bicyclic) bond motifs is 1. The normalized spacial score (nSPS) is 10.9. The van der Waals surface area contributed by atoms with Crippen LogP contribution in [0.4, 0.5) is 5.69 Å². The maximum atomic E-state index is 6.15. The van der Waals surface area contributed by atoms with Crippen molar-refractivity contribution in [2.24, 2.45) is 0 Å². The van der Waals surface area contributed by atoms with Gasteiger partial charge < -0.3 is 5.32 Å². The van der Waals surface area contributed by atoms with Crippen LogP contribution in [0.2, 0.25) is 15.1 Å². The first kappa shape index (κ1) is 14.0. The van der Waals surface area contributed by atoms with E-state index in [0.717, 1.165) is 20.9 Å². The molecular formula is C14H9Cl3N2S. The highest BCUT2D eigenvalue weighted by Crippen LogP contribution is 2.33. The molecule has 3 aromatic rings. The van der Waals surface area contributed by atoms with Crippen molar-refractivity contribution >= 4 is 62.0 Å². The number of hydrogen-bond acceptors (Lipinski definition) is 3. The van der Waals surface area contributed by atoms with Crippen molar-refractivity contribution in [3.05, 3.63) is 56.5 Å². The van der Waals surface area contributed by atoms with Gasteiger partial charge in [0, 0.05) is 0 Å². The van der Waals surface area contributed by atoms with E-state index in [2.05, 4.69) is 10.3 Å². The van der Waals surface area contributed by atoms with Crippen LogP contribution >= 0.6 is 46.1 Å². The van der Waals surface area contributed by atoms with E-state index < -0.39 is 0 Å². The van der Waals surface area contributed by atoms with Gasteiger partial charge in [-0.1, -0.05) is 46.9 Å². The zero-order valence-corrected chi connectivity index (χ0v) is 13.2. The predicted molar refractivity (Wildman–Crippen MR) is 88.4 cm³/mol. The smallest absolute Gasteiger partial charge is 0.113 e. The summed E-state index contributed by atoms with van der Waals surface area (Å²) in [5.74, 6) is 0. The van der Waals surface area contributed by atoms with Gasteiger partial charge in [0.25, 0.3) is 0 Å². The fourth-order valence-corrected chi connectivity index (χ4v) is 3.37. The molecule has 1 N–H and O–H groups in total. The van der Waals surface area contributed by atoms with Crippen LogP contribution in [0.3, 0.4) is 0 Å². The van der Waals surface area contributed by atoms with Crippen LogP contribution in [-0.4, -0.2) is 4.98 Å². The van der Waals surface area contributed by atoms with Crippen LogP contribution in [0.1, 0.15) is 5.01 Å². The minimum absolute atomic E-state index is 0.504. The summed E-state index contributed by atoms with van der Waals surface area (Å²) in [4.78, 5) is 4.51. The number of benzene rings is 2. The molecule has 0 aliphatic rings. The highest BCUT2D eigenvalue weighted by atomic mass is 35.5. The monoisotopic (exact) mass is 342 g/mol. The maximum absolute atomic E-state index is 6.15. The Morgan fingerprint density at radius 2 is 1.80 bits per heavy atom. The van der Waals surface area contributed by atoms with Crippen LogP contribution in [0.25, 0.3) is 10.2 Å². The molecule has 2 nitrogen and oxygen atoms in total. The first-order valence-corrected chi connectivity index (χ1v) is 7.82. The summed E-state index contributed by atoms with van der Waals surface area (Å²) in [6.07, 6.45) is 0. The van der Waals surface area contributed by atoms with Crippen molar-refractivity contribution < 1.29 is 0 Å². The molecule has 0 saturated carbocycles. The summed E-state index contributed by atoms with van der Waals surface area (Å²) in [7, 11) is 0. The van der Waals surface area contributed by atoms with Crippen molar-refractivity contribution in [2.45, 2.75) is 6.54 Å². The summed E-state index contributed by atoms with van der Waals surface area (Å²) in [6.45, 7) is 0.594. The number of nitrogens with zero attached hydrogens (tertiary/aromatic N) is 1. The van der Waals surface area contributed by atoms with E-state index in [1.54, 1.807) is 17.4 Å². The summed E-state index contributed by atoms with van der Waals surface area (Å²) in [6, 6.07) is 11.3. The molecule has 0 saturated heterocycles. The van der Waals surface area contributed by atoms with Crippen LogP contribution in [-0.2, 0) is 6.54 Å². The number of hydrogen-bond donors (Lipinski definition) is 1. The molecule has 0 spiro atoms. The van der Waals surface area contributed by atoms with Crippen LogP contribution < -0.4 is 5.32 Å². The number of aromatic nitrogens is 1. The largest absolute Gasteiger partial charge is 0.377 e. The Kier molecular flexibility index (Phi) is 4.03. The van der Waals surface area contributed by atoms with Crippen molar-refractivity contribution in [2.75, 3.05) is 5.32 Å². The van der Waals surface area contributed by atoms with Gasteiger partial charge in [-0.3, -0.25) is 0 Å². The van der Waals surface area contributed by atoms with Gasteiger partial charge in [0.2, 0.25) is 0 Å². The fourth-order valence-electron chi connectivity index (χ4n) is 1.83. The van der Waals surface area contributed by atoms with Gasteiger partial charge in [-0.05, 0) is 24.3 Å². The van der Waals surface area contributed by atoms with Gasteiger partial charge in [0.05, 0.1) is 32.0 Å². The van der Waals surface area contributed by atoms with Gasteiger partial charge in [-0.15, -0.1) is 11.3 Å². The third kappa shape index (κ3) is 2.72. The van der Waals surface area contributed by atoms with Crippen LogP contribution in [0.15, 0.2) is 36.4 Å². The number of anilines is 1. The lowest BCUT2D eigenvalue weighted by Gasteiger charge is -2.05. The standard InChI is InChI=1S/C14H9Cl3N2S/c15-8-3-1-2-4-10(8)18-7-12-19-14-11(20-12)6-5-9(16)13(14)17/h1-6,18H,7H2. The molecule has 1 aromatic heterocycles. The van der Waals surface area contributed by atoms with Crippen molar-refractivity contribution in [3.8, 4) is 0 Å². The molecule has 102 valence electrons. The van der Waals surface area contributed by atoms with E-state index in [0.29, 0.717) is 21.6 Å². The Morgan fingerprint density at radius 3 is 2.60 bits per heavy atom. The number of thiazole rings is 1. The first-order chi connectivity index (χ1) is 9.65. The lowest BCUT2D eigenvalue weighted by atomic mass is 10.3. The third-order valence-electron chi connectivity index (χ3n) is 2.80. The van der Waals surface area contributed by atoms with Gasteiger partial charge in [0.15, 0.2) is 0 Å². The molecule has 0 unspecified atom stereocenters. The molecule has 2 aromatic carbocycles. The second-order valence-corrected chi connectivity index (χ2v) is 6.46. The summed E-state index contributed by atoms with van der Waals surface area (Å²) in [5.41, 5.74) is 1.64. The Bertz CT molecular complexity index is 770. The molecular weight excluding hydrogens is 335 g/mol. The topological polar surface area (TPSA) is 24.9 Å². The highest BCUT2D eigenvalue weighted by molar-refractivity contribution is 7.18. The van der Waals surface area contributed by atoms with Crippen molar-refractivity contribution in [1.29, 1.82) is 0 Å². The first-order valence-electron chi connectivity index (χ1n) is 5.87. The highest BCUT2D eigenvalue weighted by Gasteiger charge is 2.10. The van der Waals surface area contributed by atoms with Gasteiger partial charge in [-0.25, -0.2) is 4.98 Å². The zero-order valence-electron chi connectivity index (χ0n) is 10.2. The zero-order chi connectivity index (χ0) is 14.1. The Labute approximate surface area is 135 Å². The lowest BCUT2D eigenvalue weighted by Crippen LogP contribution is -1.98. The number of nitrogens with one attached hydrogen (secondary N) is 1. The van der Waals surface area contributed by atoms with Crippen LogP contribution in [0.5, 0.6) is 0 Å². The third-order valence-corrected chi connectivity index (χ3v) is 4.94. The van der Waals surface area contributed by atoms with Gasteiger partial charge in [-0.2, -0.15) is 0 Å². The SMILES string of the molecule is Clc1ccccc1NCc1nc2c(Cl)c(Cl)ccc2s1. The minimum Gasteiger partial charge on any atom is -0.377 e. The molecule has 0 aliphatic carbocycles. The molecule has 0 radical (unpaired) electrons. The Hall–Kier alpha value is -1.000. The van der Waals surface area contributed by atoms with E-state index in [1.807, 2.05) is 30.3 Å². The van der Waals surface area contributed by atoms with Crippen LogP contribution in [0, 0.1) is 0 Å². The Morgan fingerprint density at radius 1 is 1.00 bits per heavy atom. The average Bonchev–Trinajstić information content (AvgIpc) is 2.86. The van der Waals surface area contributed by atoms with E-state index >= 15 is 0 Å². The predicted octanol–water partition coefficient (Wildman–Crippen LogP) is 5.87. The van der Waals surface area contributed by atoms with Gasteiger partial charge in [0.1, 0.15) is 10.5 Å². The molecule has 0 amide bonds. The van der Waals surface area contributed by atoms with Gasteiger partial charge >= 0.3 is 0 Å². The molecule has 0 atom stereocenters. The number of rotatable bonds is 3. The molecule has 6 heteroatoms. The average molecular weight is 344 g/mol. The van der Waals surface area contributed by atoms with Crippen molar-refractivity contribution in [3.63, 3.8) is 0 Å². The molecule has 1 heterocycles. The summed E-state index contributed by atoms with van der Waals surface area (Å²) < 4.78 is 1.02. The Balaban J connectivity index is 1.85. The second-order valence-electron chi connectivity index (χ2n) is 4.15. The summed E-state index contributed by atoms with van der Waals surface area (Å²) in [5, 5.41) is 5.92. The molecule has 0 fully saturated rings. The van der Waals surface area contributed by atoms with E-state index in [1.165, 1.54) is 0 Å². The van der Waals surface area contributed by atoms with E-state index in [-0.39, 0.29) is 0 Å². The lowest BCUT2D eigenvalue weighted by molar-refractivity contribution is 1.12. The summed E-state index contributed by atoms with van der Waals surface area (Å²) >= 11 is 19.8. The van der Waals surface area contributed by atoms with Crippen molar-refractivity contribution in [1.82, 2.24) is 4.98 Å². The second kappa shape index (κ2) is 5.78. The molecule has 0 bridgehead atoms. The fraction of sp³-hybridized carbons (Fsp3) is 0.0714. The number of halogens is 3. The molecule has 0 aliphatic heterocycles. The maximum Gasteiger partial charge on any atom is 0.113 e. The minimum atomic E-state index is 0.504. The molecule has 20 heavy (non-hydrogen) atoms. The number of para-hydroxylation sites is 1. The molecule has 3 rings (SSSR count). The quantitative estimate of drug-likeness (QED) is 0.643.